The fourth-order valence-electron chi connectivity index (χ4n) is 2.11. The molecule has 0 aliphatic heterocycles. The summed E-state index contributed by atoms with van der Waals surface area (Å²) < 4.78 is 29.2. The van der Waals surface area contributed by atoms with E-state index in [1.54, 1.807) is 11.5 Å². The van der Waals surface area contributed by atoms with Gasteiger partial charge in [-0.3, -0.25) is 0 Å². The van der Waals surface area contributed by atoms with Gasteiger partial charge in [0.2, 0.25) is 0 Å². The molecular weight excluding hydrogens is 288 g/mol. The summed E-state index contributed by atoms with van der Waals surface area (Å²) in [5, 5.41) is 0.0243. The molecule has 0 spiro atoms. The molecule has 0 saturated heterocycles. The highest BCUT2D eigenvalue weighted by molar-refractivity contribution is 7.89. The summed E-state index contributed by atoms with van der Waals surface area (Å²) in [6.45, 7) is 4.56. The number of aromatic nitrogens is 2. The molecule has 21 heavy (non-hydrogen) atoms. The number of nitrogens with two attached hydrogens (primary N) is 1. The topological polar surface area (TPSA) is 90.0 Å². The van der Waals surface area contributed by atoms with Crippen molar-refractivity contribution in [3.8, 4) is 0 Å². The van der Waals surface area contributed by atoms with Gasteiger partial charge in [-0.1, -0.05) is 30.3 Å². The van der Waals surface area contributed by atoms with E-state index in [0.717, 1.165) is 5.56 Å². The molecule has 6 nitrogen and oxygen atoms in total. The van der Waals surface area contributed by atoms with Crippen LogP contribution in [0.2, 0.25) is 0 Å². The van der Waals surface area contributed by atoms with Gasteiger partial charge < -0.3 is 10.3 Å². The highest BCUT2D eigenvalue weighted by atomic mass is 32.2. The molecule has 0 radical (unpaired) electrons. The average molecular weight is 308 g/mol. The zero-order valence-corrected chi connectivity index (χ0v) is 13.0. The highest BCUT2D eigenvalue weighted by Crippen LogP contribution is 2.16. The Bertz CT molecular complexity index is 695. The first-order chi connectivity index (χ1) is 9.97. The minimum Gasteiger partial charge on any atom is -0.334 e. The molecule has 3 N–H and O–H groups in total. The third-order valence-electron chi connectivity index (χ3n) is 3.31. The Labute approximate surface area is 125 Å². The van der Waals surface area contributed by atoms with Gasteiger partial charge in [-0.2, -0.15) is 0 Å². The van der Waals surface area contributed by atoms with E-state index in [2.05, 4.69) is 9.71 Å². The maximum atomic E-state index is 12.4. The Morgan fingerprint density at radius 1 is 1.33 bits per heavy atom. The molecule has 1 unspecified atom stereocenters. The van der Waals surface area contributed by atoms with Gasteiger partial charge >= 0.3 is 0 Å². The zero-order valence-electron chi connectivity index (χ0n) is 12.2. The monoisotopic (exact) mass is 308 g/mol. The molecule has 114 valence electrons. The van der Waals surface area contributed by atoms with Crippen molar-refractivity contribution in [2.75, 3.05) is 6.54 Å². The minimum absolute atomic E-state index is 0.0243. The Hall–Kier alpha value is -1.70. The number of rotatable bonds is 6. The number of nitrogens with one attached hydrogen (secondary N) is 1. The number of sulfonamides is 1. The van der Waals surface area contributed by atoms with Crippen molar-refractivity contribution in [1.82, 2.24) is 14.3 Å². The lowest BCUT2D eigenvalue weighted by atomic mass is 10.1. The van der Waals surface area contributed by atoms with Crippen LogP contribution in [0.3, 0.4) is 0 Å². The molecule has 1 aromatic carbocycles. The van der Waals surface area contributed by atoms with E-state index in [4.69, 9.17) is 5.73 Å². The van der Waals surface area contributed by atoms with Crippen LogP contribution in [-0.2, 0) is 16.6 Å². The van der Waals surface area contributed by atoms with E-state index in [1.807, 2.05) is 37.3 Å². The molecule has 0 saturated carbocycles. The first kappa shape index (κ1) is 15.7. The summed E-state index contributed by atoms with van der Waals surface area (Å²) >= 11 is 0. The van der Waals surface area contributed by atoms with Crippen LogP contribution < -0.4 is 10.5 Å². The molecule has 0 fully saturated rings. The highest BCUT2D eigenvalue weighted by Gasteiger charge is 2.23. The van der Waals surface area contributed by atoms with Gasteiger partial charge in [0, 0.05) is 19.3 Å². The van der Waals surface area contributed by atoms with E-state index in [-0.39, 0.29) is 11.6 Å². The Kier molecular flexibility index (Phi) is 4.76. The fraction of sp³-hybridized carbons (Fsp3) is 0.357. The molecule has 2 aromatic rings. The van der Waals surface area contributed by atoms with Crippen molar-refractivity contribution < 1.29 is 8.42 Å². The lowest BCUT2D eigenvalue weighted by Crippen LogP contribution is -2.33. The van der Waals surface area contributed by atoms with Crippen LogP contribution in [0.1, 0.15) is 24.4 Å². The van der Waals surface area contributed by atoms with E-state index in [0.29, 0.717) is 12.4 Å². The molecule has 1 atom stereocenters. The molecule has 1 heterocycles. The summed E-state index contributed by atoms with van der Waals surface area (Å²) in [5.74, 6) is 0.668. The molecule has 0 aliphatic carbocycles. The normalized spacial score (nSPS) is 13.3. The minimum atomic E-state index is -3.69. The average Bonchev–Trinajstić information content (AvgIpc) is 2.87. The van der Waals surface area contributed by atoms with Gasteiger partial charge in [-0.05, 0) is 19.4 Å². The predicted octanol–water partition coefficient (Wildman–Crippen LogP) is 1.19. The summed E-state index contributed by atoms with van der Waals surface area (Å²) in [6.07, 6.45) is 1.54. The quantitative estimate of drug-likeness (QED) is 0.839. The second-order valence-electron chi connectivity index (χ2n) is 4.73. The van der Waals surface area contributed by atoms with Crippen LogP contribution in [0.4, 0.5) is 0 Å². The van der Waals surface area contributed by atoms with Crippen molar-refractivity contribution in [3.63, 3.8) is 0 Å². The number of nitrogens with zero attached hydrogens (tertiary/aromatic N) is 2. The Balaban J connectivity index is 2.27. The lowest BCUT2D eigenvalue weighted by Gasteiger charge is -2.16. The molecule has 0 bridgehead atoms. The first-order valence-electron chi connectivity index (χ1n) is 6.79. The van der Waals surface area contributed by atoms with Gasteiger partial charge in [-0.25, -0.2) is 18.1 Å². The summed E-state index contributed by atoms with van der Waals surface area (Å²) in [7, 11) is -3.69. The number of aryl methyl sites for hydroxylation is 2. The van der Waals surface area contributed by atoms with E-state index in [9.17, 15) is 8.42 Å². The Morgan fingerprint density at radius 3 is 2.52 bits per heavy atom. The molecular formula is C14H20N4O2S. The van der Waals surface area contributed by atoms with Crippen LogP contribution in [-0.4, -0.2) is 24.5 Å². The number of imidazole rings is 1. The Morgan fingerprint density at radius 2 is 2.00 bits per heavy atom. The van der Waals surface area contributed by atoms with Crippen molar-refractivity contribution in [3.05, 3.63) is 47.9 Å². The van der Waals surface area contributed by atoms with E-state index in [1.165, 1.54) is 6.20 Å². The maximum Gasteiger partial charge on any atom is 0.260 e. The molecule has 2 rings (SSSR count). The molecule has 0 amide bonds. The van der Waals surface area contributed by atoms with Crippen LogP contribution in [0.15, 0.2) is 41.6 Å². The number of hydrogen-bond acceptors (Lipinski definition) is 4. The van der Waals surface area contributed by atoms with Gasteiger partial charge in [0.1, 0.15) is 5.82 Å². The maximum absolute atomic E-state index is 12.4. The van der Waals surface area contributed by atoms with Gasteiger partial charge in [0.15, 0.2) is 5.03 Å². The zero-order chi connectivity index (χ0) is 15.5. The molecule has 1 aromatic heterocycles. The van der Waals surface area contributed by atoms with Gasteiger partial charge in [0.05, 0.1) is 6.04 Å². The lowest BCUT2D eigenvalue weighted by molar-refractivity contribution is 0.555. The van der Waals surface area contributed by atoms with Crippen LogP contribution in [0.5, 0.6) is 0 Å². The van der Waals surface area contributed by atoms with Crippen molar-refractivity contribution in [2.24, 2.45) is 5.73 Å². The second kappa shape index (κ2) is 6.38. The van der Waals surface area contributed by atoms with E-state index >= 15 is 0 Å². The van der Waals surface area contributed by atoms with Gasteiger partial charge in [-0.15, -0.1) is 0 Å². The molecule has 0 aliphatic rings. The van der Waals surface area contributed by atoms with Crippen LogP contribution in [0.25, 0.3) is 0 Å². The standard InChI is InChI=1S/C14H20N4O2S/c1-3-18-10-14(16-11(18)2)21(19,20)17-13(9-15)12-7-5-4-6-8-12/h4-8,10,13,17H,3,9,15H2,1-2H3. The summed E-state index contributed by atoms with van der Waals surface area (Å²) in [5.41, 5.74) is 6.53. The predicted molar refractivity (Wildman–Crippen MR) is 81.2 cm³/mol. The van der Waals surface area contributed by atoms with E-state index < -0.39 is 16.1 Å². The van der Waals surface area contributed by atoms with Gasteiger partial charge in [0.25, 0.3) is 10.0 Å². The third-order valence-corrected chi connectivity index (χ3v) is 4.65. The second-order valence-corrected chi connectivity index (χ2v) is 6.39. The van der Waals surface area contributed by atoms with Crippen molar-refractivity contribution in [2.45, 2.75) is 31.5 Å². The summed E-state index contributed by atoms with van der Waals surface area (Å²) in [4.78, 5) is 4.11. The summed E-state index contributed by atoms with van der Waals surface area (Å²) in [6, 6.07) is 8.79. The molecule has 7 heteroatoms. The fourth-order valence-corrected chi connectivity index (χ4v) is 3.36. The van der Waals surface area contributed by atoms with Crippen molar-refractivity contribution >= 4 is 10.0 Å². The van der Waals surface area contributed by atoms with Crippen LogP contribution in [0, 0.1) is 6.92 Å². The smallest absolute Gasteiger partial charge is 0.260 e. The third kappa shape index (κ3) is 3.49. The van der Waals surface area contributed by atoms with Crippen molar-refractivity contribution in [1.29, 1.82) is 0 Å². The number of benzene rings is 1. The SMILES string of the molecule is CCn1cc(S(=O)(=O)NC(CN)c2ccccc2)nc1C. The number of hydrogen-bond donors (Lipinski definition) is 2. The first-order valence-corrected chi connectivity index (χ1v) is 8.27. The largest absolute Gasteiger partial charge is 0.334 e. The van der Waals surface area contributed by atoms with Crippen LogP contribution >= 0.6 is 0 Å².